The first-order valence-corrected chi connectivity index (χ1v) is 32.5. The predicted octanol–water partition coefficient (Wildman–Crippen LogP) is 5.62. The fraction of sp³-hybridized carbons (Fsp3) is 0.536. The molecule has 0 saturated carbocycles. The maximum atomic E-state index is 15.2. The molecule has 19 nitrogen and oxygen atoms in total. The zero-order chi connectivity index (χ0) is 62.4. The highest BCUT2D eigenvalue weighted by Crippen LogP contribution is 2.38. The summed E-state index contributed by atoms with van der Waals surface area (Å²) >= 11 is 0. The van der Waals surface area contributed by atoms with Crippen molar-refractivity contribution in [1.82, 2.24) is 57.7 Å². The summed E-state index contributed by atoms with van der Waals surface area (Å²) in [6.07, 6.45) is 10.4. The Morgan fingerprint density at radius 1 is 0.511 bits per heavy atom. The molecule has 9 N–H and O–H groups in total. The Hall–Kier alpha value is -7.48. The number of hydrogen-bond donors (Lipinski definition) is 9. The van der Waals surface area contributed by atoms with Crippen molar-refractivity contribution in [1.29, 1.82) is 0 Å². The van der Waals surface area contributed by atoms with Gasteiger partial charge in [0.1, 0.15) is 24.2 Å². The molecule has 4 saturated heterocycles. The summed E-state index contributed by atoms with van der Waals surface area (Å²) in [4.78, 5) is 118. The van der Waals surface area contributed by atoms with E-state index in [1.54, 1.807) is 23.9 Å². The van der Waals surface area contributed by atoms with Gasteiger partial charge < -0.3 is 57.7 Å². The predicted molar refractivity (Wildman–Crippen MR) is 339 cm³/mol. The molecule has 0 radical (unpaired) electrons. The molecule has 4 aromatic rings. The van der Waals surface area contributed by atoms with Gasteiger partial charge in [-0.2, -0.15) is 0 Å². The molecule has 19 heteroatoms. The normalized spacial score (nSPS) is 22.5. The lowest BCUT2D eigenvalue weighted by Gasteiger charge is -2.38. The molecule has 88 heavy (non-hydrogen) atoms. The molecule has 474 valence electrons. The number of hydrogen-bond acceptors (Lipinski definition) is 11. The third-order valence-corrected chi connectivity index (χ3v) is 18.7. The van der Waals surface area contributed by atoms with Gasteiger partial charge in [0.05, 0.1) is 12.1 Å². The minimum absolute atomic E-state index is 0.143. The summed E-state index contributed by atoms with van der Waals surface area (Å²) in [6, 6.07) is 33.5. The lowest BCUT2D eigenvalue weighted by Crippen LogP contribution is -2.62. The van der Waals surface area contributed by atoms with Crippen LogP contribution in [0.3, 0.4) is 0 Å². The van der Waals surface area contributed by atoms with Gasteiger partial charge in [0.25, 0.3) is 5.91 Å². The van der Waals surface area contributed by atoms with E-state index in [0.717, 1.165) is 30.4 Å². The Balaban J connectivity index is 0.861. The highest BCUT2D eigenvalue weighted by atomic mass is 16.2. The number of benzene rings is 4. The minimum atomic E-state index is -1.67. The molecule has 0 aliphatic carbocycles. The zero-order valence-electron chi connectivity index (χ0n) is 52.0. The maximum absolute atomic E-state index is 15.2. The molecular weight excluding hydrogens is 1110 g/mol. The quantitative estimate of drug-likeness (QED) is 0.0280. The van der Waals surface area contributed by atoms with E-state index in [1.165, 1.54) is 0 Å². The second-order valence-corrected chi connectivity index (χ2v) is 24.3. The molecule has 4 aliphatic heterocycles. The Kier molecular flexibility index (Phi) is 25.1. The van der Waals surface area contributed by atoms with Crippen LogP contribution in [0.4, 0.5) is 0 Å². The average molecular weight is 1210 g/mol. The molecule has 0 aromatic heterocycles. The van der Waals surface area contributed by atoms with Gasteiger partial charge in [0.15, 0.2) is 5.54 Å². The third kappa shape index (κ3) is 16.8. The topological polar surface area (TPSA) is 251 Å². The summed E-state index contributed by atoms with van der Waals surface area (Å²) in [5.41, 5.74) is 1.57. The van der Waals surface area contributed by atoms with Crippen LogP contribution in [-0.2, 0) is 57.0 Å². The Bertz CT molecular complexity index is 2870. The number of nitrogens with one attached hydrogen (secondary N) is 9. The zero-order valence-corrected chi connectivity index (χ0v) is 52.0. The summed E-state index contributed by atoms with van der Waals surface area (Å²) in [5.74, 6) is -2.90. The van der Waals surface area contributed by atoms with Crippen LogP contribution in [0.15, 0.2) is 121 Å². The number of rotatable bonds is 31. The molecule has 0 bridgehead atoms. The Morgan fingerprint density at radius 3 is 1.51 bits per heavy atom. The summed E-state index contributed by atoms with van der Waals surface area (Å²) in [7, 11) is 3.44. The van der Waals surface area contributed by atoms with Crippen molar-refractivity contribution in [3.8, 4) is 0 Å². The lowest BCUT2D eigenvalue weighted by atomic mass is 9.81. The molecule has 0 unspecified atom stereocenters. The highest BCUT2D eigenvalue weighted by Gasteiger charge is 2.52. The molecule has 10 atom stereocenters. The van der Waals surface area contributed by atoms with E-state index in [4.69, 9.17) is 0 Å². The van der Waals surface area contributed by atoms with E-state index >= 15 is 14.4 Å². The van der Waals surface area contributed by atoms with Crippen molar-refractivity contribution >= 4 is 47.3 Å². The molecule has 8 amide bonds. The van der Waals surface area contributed by atoms with Gasteiger partial charge in [-0.25, -0.2) is 0 Å². The van der Waals surface area contributed by atoms with Crippen LogP contribution in [-0.4, -0.2) is 139 Å². The highest BCUT2D eigenvalue weighted by molar-refractivity contribution is 5.99. The van der Waals surface area contributed by atoms with Gasteiger partial charge in [-0.15, -0.1) is 0 Å². The number of fused-ring (bicyclic) bond motifs is 2. The standard InChI is InChI=1S/C69H95N11O8/c1-5-55(70-3)62(82)76-60-49(41-43-72-44-47-24-14-10-15-25-47)33-35-53-38-40-58(80(53)66(60)86)65(85)78-69(51-28-18-12-19-29-51,52-30-20-13-21-31-52)68(88)73-42-23-9-7-8-22-32-59(81)74-46-50-34-36-54-37-39-57(64(84)75-45-48-26-16-11-17-27-48)79(54)67(87)61(50)77-63(83)56(6-2)71-4/h10-21,24-31,49-50,53-58,60-61,70-72H,5-9,22-23,32-46H2,1-4H3,(H,73,88)(H,74,81)(H,75,84)(H,76,82)(H,77,83)(H,78,85)/t49-,50-,53+,54+,55+,56+,57+,58+,60+,61+/m1/s1. The number of unbranched alkanes of at least 4 members (excludes halogenated alkanes) is 4. The van der Waals surface area contributed by atoms with Crippen LogP contribution >= 0.6 is 0 Å². The smallest absolute Gasteiger partial charge is 0.255 e. The largest absolute Gasteiger partial charge is 0.356 e. The van der Waals surface area contributed by atoms with Gasteiger partial charge >= 0.3 is 0 Å². The summed E-state index contributed by atoms with van der Waals surface area (Å²) < 4.78 is 0. The summed E-state index contributed by atoms with van der Waals surface area (Å²) in [6.45, 7) is 5.99. The van der Waals surface area contributed by atoms with Crippen LogP contribution in [0, 0.1) is 11.8 Å². The van der Waals surface area contributed by atoms with Gasteiger partial charge in [-0.05, 0) is 132 Å². The molecule has 0 spiro atoms. The monoisotopic (exact) mass is 1210 g/mol. The first-order valence-electron chi connectivity index (χ1n) is 32.5. The van der Waals surface area contributed by atoms with Crippen molar-refractivity contribution in [2.24, 2.45) is 11.8 Å². The molecule has 8 rings (SSSR count). The van der Waals surface area contributed by atoms with Crippen LogP contribution in [0.1, 0.15) is 145 Å². The van der Waals surface area contributed by atoms with E-state index < -0.39 is 53.6 Å². The number of carbonyl (C=O) groups excluding carboxylic acids is 8. The van der Waals surface area contributed by atoms with Crippen molar-refractivity contribution in [3.63, 3.8) is 0 Å². The Labute approximate surface area is 520 Å². The van der Waals surface area contributed by atoms with E-state index in [1.807, 2.05) is 123 Å². The first kappa shape index (κ1) is 66.5. The number of carbonyl (C=O) groups is 8. The molecule has 4 aliphatic rings. The molecular formula is C69H95N11O8. The van der Waals surface area contributed by atoms with E-state index in [2.05, 4.69) is 60.0 Å². The lowest BCUT2D eigenvalue weighted by molar-refractivity contribution is -0.145. The second kappa shape index (κ2) is 33.2. The van der Waals surface area contributed by atoms with Crippen LogP contribution in [0.5, 0.6) is 0 Å². The number of nitrogens with zero attached hydrogens (tertiary/aromatic N) is 2. The fourth-order valence-corrected chi connectivity index (χ4v) is 13.7. The van der Waals surface area contributed by atoms with Gasteiger partial charge in [0.2, 0.25) is 41.4 Å². The third-order valence-electron chi connectivity index (χ3n) is 18.7. The van der Waals surface area contributed by atoms with Crippen molar-refractivity contribution in [3.05, 3.63) is 144 Å². The number of likely N-dealkylation sites (N-methyl/N-ethyl adjacent to an activating group) is 2. The molecule has 4 heterocycles. The second-order valence-electron chi connectivity index (χ2n) is 24.3. The van der Waals surface area contributed by atoms with Gasteiger partial charge in [0, 0.05) is 50.6 Å². The number of amides is 8. The summed E-state index contributed by atoms with van der Waals surface area (Å²) in [5, 5.41) is 28.3. The van der Waals surface area contributed by atoms with Gasteiger partial charge in [-0.3, -0.25) is 38.4 Å². The molecule has 4 fully saturated rings. The van der Waals surface area contributed by atoms with Crippen molar-refractivity contribution in [2.75, 3.05) is 33.7 Å². The Morgan fingerprint density at radius 2 is 0.977 bits per heavy atom. The van der Waals surface area contributed by atoms with E-state index in [0.29, 0.717) is 121 Å². The van der Waals surface area contributed by atoms with Crippen molar-refractivity contribution in [2.45, 2.75) is 190 Å². The SMILES string of the molecule is CC[C@H](NC)C(=O)N[C@@H]1C(=O)N2[C@@H](CC[C@@H]1CNC(=O)CCCCCCCNC(=O)C(NC(=O)[C@@H]1CC[C@@H]3CC[C@H](CCNCc4ccccc4)[C@H](NC(=O)[C@H](CC)NC)C(=O)N31)(c1ccccc1)c1ccccc1)CC[C@H]2C(=O)NCc1ccccc1. The fourth-order valence-electron chi connectivity index (χ4n) is 13.7. The van der Waals surface area contributed by atoms with E-state index in [-0.39, 0.29) is 72.3 Å². The first-order chi connectivity index (χ1) is 42.8. The van der Waals surface area contributed by atoms with Crippen LogP contribution in [0.25, 0.3) is 0 Å². The van der Waals surface area contributed by atoms with E-state index in [9.17, 15) is 24.0 Å². The van der Waals surface area contributed by atoms with Crippen LogP contribution in [0.2, 0.25) is 0 Å². The maximum Gasteiger partial charge on any atom is 0.255 e. The van der Waals surface area contributed by atoms with Crippen molar-refractivity contribution < 1.29 is 38.4 Å². The van der Waals surface area contributed by atoms with Gasteiger partial charge in [-0.1, -0.05) is 154 Å². The minimum Gasteiger partial charge on any atom is -0.356 e. The van der Waals surface area contributed by atoms with Crippen LogP contribution < -0.4 is 47.9 Å². The molecule has 4 aromatic carbocycles. The average Bonchev–Trinajstić information content (AvgIpc) is 3.10.